The fraction of sp³-hybridized carbons (Fsp3) is 1.00. The van der Waals surface area contributed by atoms with Gasteiger partial charge in [-0.25, -0.2) is 0 Å². The maximum absolute atomic E-state index is 5.88. The number of hydrogen-bond acceptors (Lipinski definition) is 2. The van der Waals surface area contributed by atoms with Crippen LogP contribution in [0.2, 0.25) is 0 Å². The molecule has 0 unspecified atom stereocenters. The molecule has 0 radical (unpaired) electrons. The van der Waals surface area contributed by atoms with Crippen LogP contribution >= 0.6 is 0 Å². The lowest BCUT2D eigenvalue weighted by Crippen LogP contribution is -2.45. The lowest BCUT2D eigenvalue weighted by atomic mass is 9.67. The first kappa shape index (κ1) is 9.17. The Morgan fingerprint density at radius 1 is 1.14 bits per heavy atom. The second-order valence-electron chi connectivity index (χ2n) is 5.86. The molecule has 2 bridgehead atoms. The van der Waals surface area contributed by atoms with Crippen LogP contribution in [0.5, 0.6) is 0 Å². The lowest BCUT2D eigenvalue weighted by molar-refractivity contribution is -0.214. The molecule has 3 rings (SSSR count). The van der Waals surface area contributed by atoms with Gasteiger partial charge in [0.05, 0.1) is 13.2 Å². The highest BCUT2D eigenvalue weighted by molar-refractivity contribution is 5.09. The summed E-state index contributed by atoms with van der Waals surface area (Å²) >= 11 is 0. The van der Waals surface area contributed by atoms with Crippen molar-refractivity contribution in [2.24, 2.45) is 23.2 Å². The molecular formula is C12H20O2. The van der Waals surface area contributed by atoms with E-state index in [0.29, 0.717) is 11.3 Å². The molecule has 3 aliphatic rings. The molecule has 2 aliphatic carbocycles. The molecule has 2 heteroatoms. The summed E-state index contributed by atoms with van der Waals surface area (Å²) in [6, 6.07) is 0. The molecule has 3 fully saturated rings. The van der Waals surface area contributed by atoms with Crippen molar-refractivity contribution in [3.05, 3.63) is 0 Å². The van der Waals surface area contributed by atoms with Gasteiger partial charge in [0, 0.05) is 12.3 Å². The summed E-state index contributed by atoms with van der Waals surface area (Å²) in [6.45, 7) is 8.79. The third kappa shape index (κ3) is 0.892. The van der Waals surface area contributed by atoms with Gasteiger partial charge in [0.25, 0.3) is 0 Å². The van der Waals surface area contributed by atoms with Crippen molar-refractivity contribution >= 4 is 0 Å². The van der Waals surface area contributed by atoms with Gasteiger partial charge in [-0.2, -0.15) is 0 Å². The Balaban J connectivity index is 1.92. The zero-order chi connectivity index (χ0) is 9.97. The van der Waals surface area contributed by atoms with Crippen LogP contribution < -0.4 is 0 Å². The number of fused-ring (bicyclic) bond motifs is 3. The first-order valence-corrected chi connectivity index (χ1v) is 5.84. The number of ether oxygens (including phenoxy) is 2. The minimum atomic E-state index is -0.167. The fourth-order valence-electron chi connectivity index (χ4n) is 3.91. The number of rotatable bonds is 0. The largest absolute Gasteiger partial charge is 0.347 e. The van der Waals surface area contributed by atoms with Crippen LogP contribution in [0.4, 0.5) is 0 Å². The molecule has 3 atom stereocenters. The van der Waals surface area contributed by atoms with E-state index in [1.54, 1.807) is 0 Å². The van der Waals surface area contributed by atoms with Gasteiger partial charge in [0.1, 0.15) is 0 Å². The van der Waals surface area contributed by atoms with Crippen molar-refractivity contribution in [1.82, 2.24) is 0 Å². The van der Waals surface area contributed by atoms with Gasteiger partial charge in [0.2, 0.25) is 0 Å². The Kier molecular flexibility index (Phi) is 1.66. The van der Waals surface area contributed by atoms with Crippen LogP contribution in [0.1, 0.15) is 33.6 Å². The summed E-state index contributed by atoms with van der Waals surface area (Å²) in [5.74, 6) is 2.02. The summed E-state index contributed by atoms with van der Waals surface area (Å²) in [7, 11) is 0. The molecule has 80 valence electrons. The van der Waals surface area contributed by atoms with Crippen molar-refractivity contribution in [3.8, 4) is 0 Å². The van der Waals surface area contributed by atoms with Gasteiger partial charge in [0.15, 0.2) is 5.79 Å². The van der Waals surface area contributed by atoms with Crippen molar-refractivity contribution in [2.45, 2.75) is 39.4 Å². The number of hydrogen-bond donors (Lipinski definition) is 0. The van der Waals surface area contributed by atoms with Crippen LogP contribution in [0.25, 0.3) is 0 Å². The molecule has 1 saturated heterocycles. The predicted molar refractivity (Wildman–Crippen MR) is 53.8 cm³/mol. The first-order valence-electron chi connectivity index (χ1n) is 5.84. The Labute approximate surface area is 86.0 Å². The van der Waals surface area contributed by atoms with Crippen LogP contribution in [-0.4, -0.2) is 19.0 Å². The Morgan fingerprint density at radius 3 is 2.29 bits per heavy atom. The van der Waals surface area contributed by atoms with Gasteiger partial charge in [-0.3, -0.25) is 0 Å². The van der Waals surface area contributed by atoms with Gasteiger partial charge in [-0.05, 0) is 23.7 Å². The van der Waals surface area contributed by atoms with E-state index in [4.69, 9.17) is 9.47 Å². The third-order valence-corrected chi connectivity index (χ3v) is 5.24. The second kappa shape index (κ2) is 2.53. The van der Waals surface area contributed by atoms with Crippen LogP contribution in [0, 0.1) is 23.2 Å². The Bertz CT molecular complexity index is 249. The monoisotopic (exact) mass is 196 g/mol. The highest BCUT2D eigenvalue weighted by Crippen LogP contribution is 2.64. The summed E-state index contributed by atoms with van der Waals surface area (Å²) < 4.78 is 11.8. The average molecular weight is 196 g/mol. The van der Waals surface area contributed by atoms with E-state index in [1.807, 2.05) is 0 Å². The van der Waals surface area contributed by atoms with Gasteiger partial charge in [-0.15, -0.1) is 0 Å². The molecule has 0 amide bonds. The van der Waals surface area contributed by atoms with Crippen molar-refractivity contribution in [3.63, 3.8) is 0 Å². The van der Waals surface area contributed by atoms with Gasteiger partial charge < -0.3 is 9.47 Å². The highest BCUT2D eigenvalue weighted by Gasteiger charge is 2.64. The van der Waals surface area contributed by atoms with E-state index in [-0.39, 0.29) is 5.79 Å². The second-order valence-corrected chi connectivity index (χ2v) is 5.86. The van der Waals surface area contributed by atoms with Crippen LogP contribution in [0.3, 0.4) is 0 Å². The molecule has 0 aromatic rings. The Hall–Kier alpha value is -0.0800. The fourth-order valence-corrected chi connectivity index (χ4v) is 3.91. The first-order chi connectivity index (χ1) is 6.56. The predicted octanol–water partition coefficient (Wildman–Crippen LogP) is 2.43. The molecule has 2 saturated carbocycles. The molecular weight excluding hydrogens is 176 g/mol. The molecule has 1 spiro atoms. The molecule has 0 N–H and O–H groups in total. The van der Waals surface area contributed by atoms with E-state index in [2.05, 4.69) is 20.8 Å². The van der Waals surface area contributed by atoms with E-state index in [1.165, 1.54) is 6.42 Å². The zero-order valence-corrected chi connectivity index (χ0v) is 9.38. The summed E-state index contributed by atoms with van der Waals surface area (Å²) in [6.07, 6.45) is 2.45. The molecule has 1 aliphatic heterocycles. The molecule has 0 aromatic carbocycles. The summed E-state index contributed by atoms with van der Waals surface area (Å²) in [5.41, 5.74) is 0.491. The maximum atomic E-state index is 5.88. The molecule has 1 heterocycles. The van der Waals surface area contributed by atoms with Gasteiger partial charge in [-0.1, -0.05) is 20.8 Å². The topological polar surface area (TPSA) is 18.5 Å². The lowest BCUT2D eigenvalue weighted by Gasteiger charge is -2.44. The van der Waals surface area contributed by atoms with E-state index < -0.39 is 0 Å². The van der Waals surface area contributed by atoms with E-state index in [9.17, 15) is 0 Å². The molecule has 14 heavy (non-hydrogen) atoms. The summed E-state index contributed by atoms with van der Waals surface area (Å²) in [4.78, 5) is 0. The smallest absolute Gasteiger partial charge is 0.171 e. The quantitative estimate of drug-likeness (QED) is 0.592. The Morgan fingerprint density at radius 2 is 1.79 bits per heavy atom. The van der Waals surface area contributed by atoms with E-state index in [0.717, 1.165) is 31.5 Å². The van der Waals surface area contributed by atoms with Crippen LogP contribution in [0.15, 0.2) is 0 Å². The van der Waals surface area contributed by atoms with Crippen molar-refractivity contribution in [1.29, 1.82) is 0 Å². The minimum absolute atomic E-state index is 0.167. The molecule has 0 aromatic heterocycles. The summed E-state index contributed by atoms with van der Waals surface area (Å²) in [5, 5.41) is 0. The third-order valence-electron chi connectivity index (χ3n) is 5.24. The standard InChI is InChI=1S/C12H20O2/c1-8-10-6-9(11(8,2)3)7-12(10)13-4-5-14-12/h8-10H,4-7H2,1-3H3/t8-,9+,10+/m0/s1. The van der Waals surface area contributed by atoms with Crippen LogP contribution in [-0.2, 0) is 9.47 Å². The average Bonchev–Trinajstić information content (AvgIpc) is 2.77. The highest BCUT2D eigenvalue weighted by atomic mass is 16.7. The zero-order valence-electron chi connectivity index (χ0n) is 9.38. The van der Waals surface area contributed by atoms with Crippen molar-refractivity contribution < 1.29 is 9.47 Å². The van der Waals surface area contributed by atoms with E-state index >= 15 is 0 Å². The SMILES string of the molecule is C[C@H]1[C@H]2C[C@H](CC23OCCO3)C1(C)C. The minimum Gasteiger partial charge on any atom is -0.347 e. The normalized spacial score (nSPS) is 47.8. The van der Waals surface area contributed by atoms with Crippen molar-refractivity contribution in [2.75, 3.05) is 13.2 Å². The molecule has 2 nitrogen and oxygen atoms in total. The maximum Gasteiger partial charge on any atom is 0.171 e. The van der Waals surface area contributed by atoms with Gasteiger partial charge >= 0.3 is 0 Å².